The Morgan fingerprint density at radius 1 is 1.12 bits per heavy atom. The molecule has 0 bridgehead atoms. The van der Waals surface area contributed by atoms with Crippen molar-refractivity contribution in [2.24, 2.45) is 5.92 Å². The Kier molecular flexibility index (Phi) is 7.92. The molecule has 0 spiro atoms. The van der Waals surface area contributed by atoms with Gasteiger partial charge in [0.2, 0.25) is 0 Å². The normalized spacial score (nSPS) is 16.9. The van der Waals surface area contributed by atoms with E-state index in [9.17, 15) is 40.0 Å². The van der Waals surface area contributed by atoms with Crippen LogP contribution < -0.4 is 4.74 Å². The van der Waals surface area contributed by atoms with Crippen molar-refractivity contribution in [2.75, 3.05) is 0 Å². The lowest BCUT2D eigenvalue weighted by atomic mass is 9.89. The summed E-state index contributed by atoms with van der Waals surface area (Å²) in [6.07, 6.45) is -7.32. The lowest BCUT2D eigenvalue weighted by molar-refractivity contribution is -0.248. The van der Waals surface area contributed by atoms with Crippen LogP contribution in [0.3, 0.4) is 0 Å². The zero-order valence-corrected chi connectivity index (χ0v) is 17.2. The molecule has 1 aliphatic carbocycles. The lowest BCUT2D eigenvalue weighted by Gasteiger charge is -2.26. The molecular weight excluding hydrogens is 466 g/mol. The first-order valence-corrected chi connectivity index (χ1v) is 10.8. The van der Waals surface area contributed by atoms with Crippen LogP contribution in [0.5, 0.6) is 5.75 Å². The van der Waals surface area contributed by atoms with Crippen molar-refractivity contribution in [1.82, 2.24) is 0 Å². The molecule has 1 saturated carbocycles. The Hall–Kier alpha value is -2.22. The van der Waals surface area contributed by atoms with Crippen molar-refractivity contribution in [1.29, 1.82) is 0 Å². The van der Waals surface area contributed by atoms with Gasteiger partial charge in [-0.15, -0.1) is 0 Å². The molecule has 32 heavy (non-hydrogen) atoms. The van der Waals surface area contributed by atoms with Gasteiger partial charge >= 0.3 is 33.5 Å². The van der Waals surface area contributed by atoms with Gasteiger partial charge in [0.15, 0.2) is 0 Å². The molecule has 1 fully saturated rings. The fourth-order valence-electron chi connectivity index (χ4n) is 3.11. The molecular formula is C18H18BF5O7S. The molecule has 176 valence electrons. The minimum Gasteiger partial charge on any atom is -0.441 e. The van der Waals surface area contributed by atoms with E-state index in [0.717, 1.165) is 37.5 Å². The van der Waals surface area contributed by atoms with Crippen molar-refractivity contribution in [3.63, 3.8) is 0 Å². The molecule has 1 aromatic carbocycles. The Labute approximate surface area is 181 Å². The summed E-state index contributed by atoms with van der Waals surface area (Å²) in [6.45, 7) is 0. The highest BCUT2D eigenvalue weighted by Crippen LogP contribution is 2.39. The summed E-state index contributed by atoms with van der Waals surface area (Å²) in [4.78, 5) is 24.7. The largest absolute Gasteiger partial charge is 0.441 e. The van der Waals surface area contributed by atoms with Crippen LogP contribution in [0.2, 0.25) is 0 Å². The highest BCUT2D eigenvalue weighted by atomic mass is 32.2. The SMILES string of the molecule is [B]Cc1ccc(C(=O)OC(C(F)(F)F)C(F)(F)S(=O)(=O)O)c(OC(=O)C2CCCCC2)c1. The first-order valence-electron chi connectivity index (χ1n) is 9.35. The van der Waals surface area contributed by atoms with Gasteiger partial charge in [-0.1, -0.05) is 37.2 Å². The van der Waals surface area contributed by atoms with E-state index >= 15 is 0 Å². The molecule has 1 aromatic rings. The molecule has 0 amide bonds. The predicted octanol–water partition coefficient (Wildman–Crippen LogP) is 3.41. The summed E-state index contributed by atoms with van der Waals surface area (Å²) in [6, 6.07) is 3.05. The number of benzene rings is 1. The molecule has 2 rings (SSSR count). The van der Waals surface area contributed by atoms with Crippen molar-refractivity contribution in [3.05, 3.63) is 29.3 Å². The fraction of sp³-hybridized carbons (Fsp3) is 0.556. The third-order valence-electron chi connectivity index (χ3n) is 4.82. The van der Waals surface area contributed by atoms with Crippen LogP contribution in [-0.2, 0) is 26.0 Å². The van der Waals surface area contributed by atoms with Crippen LogP contribution in [0.15, 0.2) is 18.2 Å². The summed E-state index contributed by atoms with van der Waals surface area (Å²) in [5, 5.41) is -5.89. The topological polar surface area (TPSA) is 107 Å². The number of carbonyl (C=O) groups excluding carboxylic acids is 2. The minimum atomic E-state index is -6.60. The van der Waals surface area contributed by atoms with Gasteiger partial charge in [0.25, 0.3) is 6.10 Å². The molecule has 0 aliphatic heterocycles. The maximum atomic E-state index is 13.7. The van der Waals surface area contributed by atoms with E-state index in [1.807, 2.05) is 0 Å². The molecule has 0 heterocycles. The van der Waals surface area contributed by atoms with E-state index in [4.69, 9.17) is 17.1 Å². The highest BCUT2D eigenvalue weighted by molar-refractivity contribution is 7.86. The molecule has 1 N–H and O–H groups in total. The molecule has 7 nitrogen and oxygen atoms in total. The van der Waals surface area contributed by atoms with E-state index in [0.29, 0.717) is 18.4 Å². The van der Waals surface area contributed by atoms with Gasteiger partial charge in [-0.2, -0.15) is 30.4 Å². The van der Waals surface area contributed by atoms with Crippen LogP contribution >= 0.6 is 0 Å². The fourth-order valence-corrected chi connectivity index (χ4v) is 3.56. The monoisotopic (exact) mass is 484 g/mol. The molecule has 0 aromatic heterocycles. The number of rotatable bonds is 7. The van der Waals surface area contributed by atoms with Gasteiger partial charge < -0.3 is 9.47 Å². The van der Waals surface area contributed by atoms with Gasteiger partial charge in [-0.3, -0.25) is 9.35 Å². The van der Waals surface area contributed by atoms with Crippen LogP contribution in [-0.4, -0.2) is 50.3 Å². The Morgan fingerprint density at radius 2 is 1.72 bits per heavy atom. The average Bonchev–Trinajstić information content (AvgIpc) is 2.70. The van der Waals surface area contributed by atoms with E-state index in [2.05, 4.69) is 4.74 Å². The van der Waals surface area contributed by atoms with Crippen molar-refractivity contribution >= 4 is 29.9 Å². The maximum Gasteiger partial charge on any atom is 0.432 e. The number of halogens is 5. The van der Waals surface area contributed by atoms with Crippen molar-refractivity contribution in [3.8, 4) is 5.75 Å². The van der Waals surface area contributed by atoms with E-state index < -0.39 is 56.8 Å². The lowest BCUT2D eigenvalue weighted by Crippen LogP contribution is -2.52. The standard InChI is InChI=1S/C18H18BF5O7S/c19-9-10-6-7-12(13(8-10)30-14(25)11-4-2-1-3-5-11)15(26)31-16(17(20,21)22)18(23,24)32(27,28)29/h6-8,11,16H,1-5,9H2,(H,27,28,29). The first-order chi connectivity index (χ1) is 14.7. The second-order valence-electron chi connectivity index (χ2n) is 7.15. The third kappa shape index (κ3) is 5.97. The van der Waals surface area contributed by atoms with Crippen LogP contribution in [0.4, 0.5) is 22.0 Å². The quantitative estimate of drug-likeness (QED) is 0.208. The zero-order chi connectivity index (χ0) is 24.3. The van der Waals surface area contributed by atoms with Crippen LogP contribution in [0.1, 0.15) is 48.0 Å². The van der Waals surface area contributed by atoms with Crippen molar-refractivity contribution in [2.45, 2.75) is 56.0 Å². The summed E-state index contributed by atoms with van der Waals surface area (Å²) < 4.78 is 105. The van der Waals surface area contributed by atoms with Gasteiger partial charge in [-0.25, -0.2) is 4.79 Å². The molecule has 1 aliphatic rings. The van der Waals surface area contributed by atoms with Gasteiger partial charge in [-0.05, 0) is 25.0 Å². The smallest absolute Gasteiger partial charge is 0.432 e. The summed E-state index contributed by atoms with van der Waals surface area (Å²) in [5.74, 6) is -3.93. The zero-order valence-electron chi connectivity index (χ0n) is 16.4. The number of carbonyl (C=O) groups is 2. The second kappa shape index (κ2) is 9.73. The number of alkyl halides is 5. The Balaban J connectivity index is 2.38. The number of hydrogen-bond acceptors (Lipinski definition) is 6. The van der Waals surface area contributed by atoms with Crippen LogP contribution in [0.25, 0.3) is 0 Å². The second-order valence-corrected chi connectivity index (χ2v) is 8.65. The summed E-state index contributed by atoms with van der Waals surface area (Å²) >= 11 is 0. The third-order valence-corrected chi connectivity index (χ3v) is 5.72. The summed E-state index contributed by atoms with van der Waals surface area (Å²) in [7, 11) is -1.14. The van der Waals surface area contributed by atoms with Crippen LogP contribution in [0, 0.1) is 5.92 Å². The van der Waals surface area contributed by atoms with Gasteiger partial charge in [0, 0.05) is 0 Å². The van der Waals surface area contributed by atoms with E-state index in [-0.39, 0.29) is 6.32 Å². The van der Waals surface area contributed by atoms with Gasteiger partial charge in [0.05, 0.1) is 13.8 Å². The average molecular weight is 484 g/mol. The molecule has 14 heteroatoms. The predicted molar refractivity (Wildman–Crippen MR) is 99.9 cm³/mol. The number of hydrogen-bond donors (Lipinski definition) is 1. The number of esters is 2. The maximum absolute atomic E-state index is 13.7. The van der Waals surface area contributed by atoms with E-state index in [1.54, 1.807) is 0 Å². The van der Waals surface area contributed by atoms with Gasteiger partial charge in [0.1, 0.15) is 11.3 Å². The Bertz CT molecular complexity index is 959. The molecule has 0 saturated heterocycles. The first kappa shape index (κ1) is 26.0. The van der Waals surface area contributed by atoms with E-state index in [1.165, 1.54) is 0 Å². The summed E-state index contributed by atoms with van der Waals surface area (Å²) in [5.41, 5.74) is -0.546. The Morgan fingerprint density at radius 3 is 2.22 bits per heavy atom. The van der Waals surface area contributed by atoms with Crippen molar-refractivity contribution < 1.29 is 54.0 Å². The highest BCUT2D eigenvalue weighted by Gasteiger charge is 2.66. The number of ether oxygens (including phenoxy) is 2. The molecule has 2 radical (unpaired) electrons. The molecule has 1 unspecified atom stereocenters. The molecule has 1 atom stereocenters. The minimum absolute atomic E-state index is 0.116.